The first kappa shape index (κ1) is 19.1. The lowest BCUT2D eigenvalue weighted by atomic mass is 10.0. The SMILES string of the molecule is COc1ccc2[nH]c(C(=O)Nc3cccc(C(=O)N4CCCC4)c3C)c(C)c2c1. The number of aryl methyl sites for hydroxylation is 1. The Morgan fingerprint density at radius 3 is 2.55 bits per heavy atom. The van der Waals surface area contributed by atoms with Gasteiger partial charge in [-0.25, -0.2) is 0 Å². The van der Waals surface area contributed by atoms with Crippen molar-refractivity contribution in [1.29, 1.82) is 0 Å². The van der Waals surface area contributed by atoms with Crippen molar-refractivity contribution in [3.05, 3.63) is 58.8 Å². The van der Waals surface area contributed by atoms with Gasteiger partial charge in [-0.2, -0.15) is 0 Å². The number of methoxy groups -OCH3 is 1. The van der Waals surface area contributed by atoms with Crippen LogP contribution in [0.15, 0.2) is 36.4 Å². The molecule has 0 atom stereocenters. The molecule has 1 saturated heterocycles. The van der Waals surface area contributed by atoms with Gasteiger partial charge in [0.15, 0.2) is 0 Å². The summed E-state index contributed by atoms with van der Waals surface area (Å²) < 4.78 is 5.29. The molecule has 0 radical (unpaired) electrons. The van der Waals surface area contributed by atoms with Crippen LogP contribution in [0.3, 0.4) is 0 Å². The zero-order valence-electron chi connectivity index (χ0n) is 17.0. The number of benzene rings is 2. The van der Waals surface area contributed by atoms with Crippen molar-refractivity contribution in [3.8, 4) is 5.75 Å². The van der Waals surface area contributed by atoms with Gasteiger partial charge in [-0.1, -0.05) is 6.07 Å². The molecule has 1 aromatic heterocycles. The third-order valence-electron chi connectivity index (χ3n) is 5.70. The Bertz CT molecular complexity index is 1090. The van der Waals surface area contributed by atoms with Crippen LogP contribution in [0.2, 0.25) is 0 Å². The number of hydrogen-bond donors (Lipinski definition) is 2. The number of carbonyl (C=O) groups is 2. The van der Waals surface area contributed by atoms with E-state index in [1.54, 1.807) is 7.11 Å². The quantitative estimate of drug-likeness (QED) is 0.697. The highest BCUT2D eigenvalue weighted by Crippen LogP contribution is 2.27. The molecule has 3 aromatic rings. The number of amides is 2. The van der Waals surface area contributed by atoms with E-state index in [2.05, 4.69) is 10.3 Å². The lowest BCUT2D eigenvalue weighted by Crippen LogP contribution is -2.28. The van der Waals surface area contributed by atoms with Crippen LogP contribution in [0.25, 0.3) is 10.9 Å². The monoisotopic (exact) mass is 391 g/mol. The van der Waals surface area contributed by atoms with Crippen LogP contribution in [0.4, 0.5) is 5.69 Å². The van der Waals surface area contributed by atoms with Crippen molar-refractivity contribution in [1.82, 2.24) is 9.88 Å². The molecule has 1 aliphatic rings. The smallest absolute Gasteiger partial charge is 0.272 e. The van der Waals surface area contributed by atoms with E-state index in [-0.39, 0.29) is 11.8 Å². The summed E-state index contributed by atoms with van der Waals surface area (Å²) in [6.07, 6.45) is 2.09. The third-order valence-corrected chi connectivity index (χ3v) is 5.70. The van der Waals surface area contributed by atoms with E-state index in [9.17, 15) is 9.59 Å². The number of rotatable bonds is 4. The van der Waals surface area contributed by atoms with E-state index in [0.29, 0.717) is 16.9 Å². The molecule has 0 saturated carbocycles. The van der Waals surface area contributed by atoms with Crippen LogP contribution in [-0.4, -0.2) is 41.9 Å². The highest BCUT2D eigenvalue weighted by Gasteiger charge is 2.23. The molecular weight excluding hydrogens is 366 g/mol. The average Bonchev–Trinajstić information content (AvgIpc) is 3.37. The van der Waals surface area contributed by atoms with Gasteiger partial charge in [0, 0.05) is 35.2 Å². The van der Waals surface area contributed by atoms with Crippen molar-refractivity contribution in [2.24, 2.45) is 0 Å². The number of fused-ring (bicyclic) bond motifs is 1. The van der Waals surface area contributed by atoms with Crippen molar-refractivity contribution >= 4 is 28.4 Å². The number of H-pyrrole nitrogens is 1. The van der Waals surface area contributed by atoms with E-state index >= 15 is 0 Å². The van der Waals surface area contributed by atoms with E-state index in [4.69, 9.17) is 4.74 Å². The number of ether oxygens (including phenoxy) is 1. The Morgan fingerprint density at radius 2 is 1.83 bits per heavy atom. The second-order valence-electron chi connectivity index (χ2n) is 7.47. The second kappa shape index (κ2) is 7.62. The zero-order chi connectivity index (χ0) is 20.5. The van der Waals surface area contributed by atoms with Gasteiger partial charge in [0.1, 0.15) is 11.4 Å². The molecule has 2 N–H and O–H groups in total. The molecule has 150 valence electrons. The van der Waals surface area contributed by atoms with Crippen LogP contribution in [0.1, 0.15) is 44.8 Å². The molecule has 2 aromatic carbocycles. The van der Waals surface area contributed by atoms with Gasteiger partial charge >= 0.3 is 0 Å². The van der Waals surface area contributed by atoms with E-state index in [0.717, 1.165) is 53.7 Å². The van der Waals surface area contributed by atoms with Gasteiger partial charge in [-0.15, -0.1) is 0 Å². The molecule has 2 heterocycles. The second-order valence-corrected chi connectivity index (χ2v) is 7.47. The fourth-order valence-corrected chi connectivity index (χ4v) is 3.94. The van der Waals surface area contributed by atoms with E-state index in [1.165, 1.54) is 0 Å². The topological polar surface area (TPSA) is 74.4 Å². The summed E-state index contributed by atoms with van der Waals surface area (Å²) in [7, 11) is 1.62. The van der Waals surface area contributed by atoms with E-state index in [1.807, 2.05) is 55.1 Å². The largest absolute Gasteiger partial charge is 0.497 e. The standard InChI is InChI=1S/C23H25N3O3/c1-14-17(23(28)26-11-4-5-12-26)7-6-8-19(14)25-22(27)21-15(2)18-13-16(29-3)9-10-20(18)24-21/h6-10,13,24H,4-5,11-12H2,1-3H3,(H,25,27). The number of hydrogen-bond acceptors (Lipinski definition) is 3. The first-order valence-corrected chi connectivity index (χ1v) is 9.86. The molecule has 0 spiro atoms. The van der Waals surface area contributed by atoms with Gasteiger partial charge in [-0.05, 0) is 68.1 Å². The molecular formula is C23H25N3O3. The molecule has 1 fully saturated rings. The van der Waals surface area contributed by atoms with E-state index < -0.39 is 0 Å². The lowest BCUT2D eigenvalue weighted by molar-refractivity contribution is 0.0791. The maximum atomic E-state index is 13.0. The van der Waals surface area contributed by atoms with Crippen molar-refractivity contribution in [2.45, 2.75) is 26.7 Å². The fraction of sp³-hybridized carbons (Fsp3) is 0.304. The van der Waals surface area contributed by atoms with Gasteiger partial charge in [0.05, 0.1) is 7.11 Å². The molecule has 29 heavy (non-hydrogen) atoms. The van der Waals surface area contributed by atoms with Crippen LogP contribution >= 0.6 is 0 Å². The first-order valence-electron chi connectivity index (χ1n) is 9.86. The molecule has 4 rings (SSSR count). The predicted octanol–water partition coefficient (Wildman–Crippen LogP) is 4.28. The Balaban J connectivity index is 1.62. The maximum absolute atomic E-state index is 13.0. The number of carbonyl (C=O) groups excluding carboxylic acids is 2. The molecule has 0 bridgehead atoms. The Morgan fingerprint density at radius 1 is 1.07 bits per heavy atom. The first-order chi connectivity index (χ1) is 14.0. The molecule has 6 nitrogen and oxygen atoms in total. The summed E-state index contributed by atoms with van der Waals surface area (Å²) in [5, 5.41) is 3.92. The molecule has 2 amide bonds. The molecule has 0 aliphatic carbocycles. The average molecular weight is 391 g/mol. The number of aromatic amines is 1. The van der Waals surface area contributed by atoms with Gasteiger partial charge < -0.3 is 19.9 Å². The number of nitrogens with zero attached hydrogens (tertiary/aromatic N) is 1. The summed E-state index contributed by atoms with van der Waals surface area (Å²) in [6, 6.07) is 11.1. The van der Waals surface area contributed by atoms with Crippen LogP contribution in [-0.2, 0) is 0 Å². The highest BCUT2D eigenvalue weighted by atomic mass is 16.5. The Labute approximate surface area is 169 Å². The normalized spacial score (nSPS) is 13.7. The van der Waals surface area contributed by atoms with Gasteiger partial charge in [0.2, 0.25) is 0 Å². The predicted molar refractivity (Wildman–Crippen MR) is 114 cm³/mol. The number of likely N-dealkylation sites (tertiary alicyclic amines) is 1. The highest BCUT2D eigenvalue weighted by molar-refractivity contribution is 6.09. The lowest BCUT2D eigenvalue weighted by Gasteiger charge is -2.18. The van der Waals surface area contributed by atoms with Crippen LogP contribution in [0.5, 0.6) is 5.75 Å². The minimum absolute atomic E-state index is 0.0324. The summed E-state index contributed by atoms with van der Waals surface area (Å²) in [5.74, 6) is 0.548. The summed E-state index contributed by atoms with van der Waals surface area (Å²) in [4.78, 5) is 30.9. The van der Waals surface area contributed by atoms with Crippen molar-refractivity contribution in [3.63, 3.8) is 0 Å². The minimum atomic E-state index is -0.230. The molecule has 1 aliphatic heterocycles. The zero-order valence-corrected chi connectivity index (χ0v) is 17.0. The van der Waals surface area contributed by atoms with Crippen LogP contribution in [0, 0.1) is 13.8 Å². The van der Waals surface area contributed by atoms with Gasteiger partial charge in [-0.3, -0.25) is 9.59 Å². The number of anilines is 1. The Hall–Kier alpha value is -3.28. The third kappa shape index (κ3) is 3.46. The molecule has 0 unspecified atom stereocenters. The van der Waals surface area contributed by atoms with Crippen molar-refractivity contribution < 1.29 is 14.3 Å². The Kier molecular flexibility index (Phi) is 5.01. The maximum Gasteiger partial charge on any atom is 0.272 e. The summed E-state index contributed by atoms with van der Waals surface area (Å²) in [5.41, 5.74) is 4.32. The summed E-state index contributed by atoms with van der Waals surface area (Å²) >= 11 is 0. The minimum Gasteiger partial charge on any atom is -0.497 e. The molecule has 6 heteroatoms. The number of nitrogens with one attached hydrogen (secondary N) is 2. The van der Waals surface area contributed by atoms with Crippen LogP contribution < -0.4 is 10.1 Å². The fourth-order valence-electron chi connectivity index (χ4n) is 3.94. The number of aromatic nitrogens is 1. The van der Waals surface area contributed by atoms with Crippen molar-refractivity contribution in [2.75, 3.05) is 25.5 Å². The van der Waals surface area contributed by atoms with Gasteiger partial charge in [0.25, 0.3) is 11.8 Å². The summed E-state index contributed by atoms with van der Waals surface area (Å²) in [6.45, 7) is 5.38.